The van der Waals surface area contributed by atoms with Gasteiger partial charge in [-0.2, -0.15) is 10.2 Å². The van der Waals surface area contributed by atoms with Crippen molar-refractivity contribution in [2.24, 2.45) is 5.73 Å². The Kier molecular flexibility index (Phi) is 4.78. The Bertz CT molecular complexity index is 427. The van der Waals surface area contributed by atoms with Gasteiger partial charge in [0, 0.05) is 12.1 Å². The van der Waals surface area contributed by atoms with Crippen LogP contribution < -0.4 is 11.1 Å². The molecule has 0 aliphatic heterocycles. The molecule has 0 atom stereocenters. The molecule has 0 unspecified atom stereocenters. The van der Waals surface area contributed by atoms with Crippen LogP contribution in [0.5, 0.6) is 0 Å². The van der Waals surface area contributed by atoms with E-state index < -0.39 is 0 Å². The molecule has 1 heterocycles. The van der Waals surface area contributed by atoms with Crippen molar-refractivity contribution in [2.45, 2.75) is 46.1 Å². The largest absolute Gasteiger partial charge is 0.350 e. The highest BCUT2D eigenvalue weighted by atomic mass is 16.1. The standard InChI is InChI=1S/C13H22N4O/c1-5-13(14,6-2)8-15-12(18)11-7-9(3)16-17-10(11)4/h7H,5-6,8,14H2,1-4H3,(H,15,18). The number of amides is 1. The van der Waals surface area contributed by atoms with Crippen LogP contribution in [-0.2, 0) is 0 Å². The first-order chi connectivity index (χ1) is 8.41. The van der Waals surface area contributed by atoms with Gasteiger partial charge < -0.3 is 11.1 Å². The van der Waals surface area contributed by atoms with Crippen molar-refractivity contribution in [3.05, 3.63) is 23.0 Å². The lowest BCUT2D eigenvalue weighted by Crippen LogP contribution is -2.49. The van der Waals surface area contributed by atoms with Crippen molar-refractivity contribution in [1.82, 2.24) is 15.5 Å². The molecule has 0 bridgehead atoms. The molecule has 0 aliphatic carbocycles. The molecule has 0 radical (unpaired) electrons. The van der Waals surface area contributed by atoms with E-state index in [1.165, 1.54) is 0 Å². The van der Waals surface area contributed by atoms with Gasteiger partial charge in [0.15, 0.2) is 0 Å². The number of hydrogen-bond acceptors (Lipinski definition) is 4. The topological polar surface area (TPSA) is 80.9 Å². The molecule has 18 heavy (non-hydrogen) atoms. The van der Waals surface area contributed by atoms with Crippen LogP contribution in [0.4, 0.5) is 0 Å². The zero-order chi connectivity index (χ0) is 13.8. The fraction of sp³-hybridized carbons (Fsp3) is 0.615. The van der Waals surface area contributed by atoms with E-state index in [4.69, 9.17) is 5.73 Å². The highest BCUT2D eigenvalue weighted by Crippen LogP contribution is 2.10. The SMILES string of the molecule is CCC(N)(CC)CNC(=O)c1cc(C)nnc1C. The van der Waals surface area contributed by atoms with E-state index in [1.807, 2.05) is 20.8 Å². The molecule has 0 saturated carbocycles. The van der Waals surface area contributed by atoms with Crippen LogP contribution in [0.1, 0.15) is 48.4 Å². The summed E-state index contributed by atoms with van der Waals surface area (Å²) in [5.41, 5.74) is 7.75. The van der Waals surface area contributed by atoms with Crippen LogP contribution >= 0.6 is 0 Å². The van der Waals surface area contributed by atoms with Gasteiger partial charge in [0.1, 0.15) is 0 Å². The van der Waals surface area contributed by atoms with E-state index in [1.54, 1.807) is 13.0 Å². The molecule has 1 aromatic rings. The molecule has 100 valence electrons. The van der Waals surface area contributed by atoms with E-state index in [2.05, 4.69) is 15.5 Å². The van der Waals surface area contributed by atoms with Gasteiger partial charge >= 0.3 is 0 Å². The lowest BCUT2D eigenvalue weighted by Gasteiger charge is -2.26. The van der Waals surface area contributed by atoms with E-state index in [0.29, 0.717) is 17.8 Å². The Morgan fingerprint density at radius 1 is 1.33 bits per heavy atom. The van der Waals surface area contributed by atoms with Gasteiger partial charge in [0.25, 0.3) is 5.91 Å². The molecule has 5 nitrogen and oxygen atoms in total. The average molecular weight is 250 g/mol. The summed E-state index contributed by atoms with van der Waals surface area (Å²) in [5.74, 6) is -0.137. The molecular weight excluding hydrogens is 228 g/mol. The first-order valence-electron chi connectivity index (χ1n) is 6.30. The van der Waals surface area contributed by atoms with Crippen LogP contribution in [0, 0.1) is 13.8 Å². The Morgan fingerprint density at radius 3 is 2.50 bits per heavy atom. The van der Waals surface area contributed by atoms with Crippen molar-refractivity contribution in [3.8, 4) is 0 Å². The Morgan fingerprint density at radius 2 is 1.94 bits per heavy atom. The molecule has 0 saturated heterocycles. The molecular formula is C13H22N4O. The first-order valence-corrected chi connectivity index (χ1v) is 6.30. The van der Waals surface area contributed by atoms with Gasteiger partial charge in [-0.1, -0.05) is 13.8 Å². The normalized spacial score (nSPS) is 11.4. The molecule has 0 spiro atoms. The number of aromatic nitrogens is 2. The summed E-state index contributed by atoms with van der Waals surface area (Å²) in [7, 11) is 0. The quantitative estimate of drug-likeness (QED) is 0.826. The Labute approximate surface area is 108 Å². The van der Waals surface area contributed by atoms with Crippen molar-refractivity contribution in [1.29, 1.82) is 0 Å². The summed E-state index contributed by atoms with van der Waals surface area (Å²) in [6.07, 6.45) is 1.66. The second-order valence-electron chi connectivity index (χ2n) is 4.74. The number of nitrogens with two attached hydrogens (primary N) is 1. The number of carbonyl (C=O) groups excluding carboxylic acids is 1. The number of aryl methyl sites for hydroxylation is 2. The third kappa shape index (κ3) is 3.50. The summed E-state index contributed by atoms with van der Waals surface area (Å²) in [6, 6.07) is 1.74. The monoisotopic (exact) mass is 250 g/mol. The fourth-order valence-corrected chi connectivity index (χ4v) is 1.63. The van der Waals surface area contributed by atoms with Crippen molar-refractivity contribution >= 4 is 5.91 Å². The predicted molar refractivity (Wildman–Crippen MR) is 71.3 cm³/mol. The van der Waals surface area contributed by atoms with Gasteiger partial charge in [-0.05, 0) is 32.8 Å². The highest BCUT2D eigenvalue weighted by molar-refractivity contribution is 5.95. The maximum absolute atomic E-state index is 12.1. The summed E-state index contributed by atoms with van der Waals surface area (Å²) < 4.78 is 0. The van der Waals surface area contributed by atoms with Gasteiger partial charge in [-0.15, -0.1) is 0 Å². The minimum Gasteiger partial charge on any atom is -0.350 e. The second-order valence-corrected chi connectivity index (χ2v) is 4.74. The average Bonchev–Trinajstić information content (AvgIpc) is 2.38. The van der Waals surface area contributed by atoms with Crippen molar-refractivity contribution in [2.75, 3.05) is 6.54 Å². The molecule has 0 aliphatic rings. The van der Waals surface area contributed by atoms with Gasteiger partial charge in [0.2, 0.25) is 0 Å². The summed E-state index contributed by atoms with van der Waals surface area (Å²) in [4.78, 5) is 12.1. The predicted octanol–water partition coefficient (Wildman–Crippen LogP) is 1.34. The van der Waals surface area contributed by atoms with Crippen LogP contribution in [0.25, 0.3) is 0 Å². The van der Waals surface area contributed by atoms with Crippen LogP contribution in [0.15, 0.2) is 6.07 Å². The zero-order valence-electron chi connectivity index (χ0n) is 11.6. The minimum atomic E-state index is -0.334. The first kappa shape index (κ1) is 14.6. The molecule has 0 fully saturated rings. The van der Waals surface area contributed by atoms with Crippen LogP contribution in [-0.4, -0.2) is 28.2 Å². The number of rotatable bonds is 5. The van der Waals surface area contributed by atoms with Crippen molar-refractivity contribution in [3.63, 3.8) is 0 Å². The lowest BCUT2D eigenvalue weighted by molar-refractivity contribution is 0.0940. The third-order valence-electron chi connectivity index (χ3n) is 3.35. The van der Waals surface area contributed by atoms with Crippen molar-refractivity contribution < 1.29 is 4.79 Å². The third-order valence-corrected chi connectivity index (χ3v) is 3.35. The highest BCUT2D eigenvalue weighted by Gasteiger charge is 2.21. The fourth-order valence-electron chi connectivity index (χ4n) is 1.63. The zero-order valence-corrected chi connectivity index (χ0v) is 11.6. The Balaban J connectivity index is 2.74. The maximum atomic E-state index is 12.1. The smallest absolute Gasteiger partial charge is 0.253 e. The lowest BCUT2D eigenvalue weighted by atomic mass is 9.94. The summed E-state index contributed by atoms with van der Waals surface area (Å²) in [5, 5.41) is 10.7. The van der Waals surface area contributed by atoms with E-state index >= 15 is 0 Å². The second kappa shape index (κ2) is 5.91. The van der Waals surface area contributed by atoms with E-state index in [0.717, 1.165) is 18.5 Å². The molecule has 5 heteroatoms. The van der Waals surface area contributed by atoms with Gasteiger partial charge in [-0.25, -0.2) is 0 Å². The summed E-state index contributed by atoms with van der Waals surface area (Å²) >= 11 is 0. The molecule has 1 rings (SSSR count). The molecule has 1 aromatic heterocycles. The minimum absolute atomic E-state index is 0.137. The molecule has 0 aromatic carbocycles. The van der Waals surface area contributed by atoms with Crippen LogP contribution in [0.2, 0.25) is 0 Å². The summed E-state index contributed by atoms with van der Waals surface area (Å²) in [6.45, 7) is 8.11. The van der Waals surface area contributed by atoms with E-state index in [-0.39, 0.29) is 11.4 Å². The van der Waals surface area contributed by atoms with Crippen LogP contribution in [0.3, 0.4) is 0 Å². The number of nitrogens with zero attached hydrogens (tertiary/aromatic N) is 2. The van der Waals surface area contributed by atoms with Gasteiger partial charge in [0.05, 0.1) is 17.0 Å². The Hall–Kier alpha value is -1.49. The number of nitrogens with one attached hydrogen (secondary N) is 1. The number of carbonyl (C=O) groups is 1. The van der Waals surface area contributed by atoms with E-state index in [9.17, 15) is 4.79 Å². The molecule has 3 N–H and O–H groups in total. The molecule has 1 amide bonds. The number of hydrogen-bond donors (Lipinski definition) is 2. The van der Waals surface area contributed by atoms with Gasteiger partial charge in [-0.3, -0.25) is 4.79 Å². The maximum Gasteiger partial charge on any atom is 0.253 e.